The first-order valence-electron chi connectivity index (χ1n) is 4.78. The number of rotatable bonds is 2. The molecule has 0 atom stereocenters. The minimum Gasteiger partial charge on any atom is -0.320 e. The SMILES string of the molecule is NC1(C(F)(F)c2ccccc2)CCC1. The zero-order valence-electron chi connectivity index (χ0n) is 7.84. The van der Waals surface area contributed by atoms with E-state index in [0.29, 0.717) is 12.8 Å². The number of alkyl halides is 2. The predicted octanol–water partition coefficient (Wildman–Crippen LogP) is 2.66. The molecule has 0 bridgehead atoms. The standard InChI is InChI=1S/C11H13F2N/c12-11(13,10(14)7-4-8-10)9-5-2-1-3-6-9/h1-3,5-6H,4,7-8,14H2. The molecule has 0 spiro atoms. The summed E-state index contributed by atoms with van der Waals surface area (Å²) in [6.45, 7) is 0. The Morgan fingerprint density at radius 3 is 2.14 bits per heavy atom. The Labute approximate surface area is 81.9 Å². The van der Waals surface area contributed by atoms with Gasteiger partial charge in [0, 0.05) is 5.56 Å². The van der Waals surface area contributed by atoms with Gasteiger partial charge in [-0.25, -0.2) is 0 Å². The lowest BCUT2D eigenvalue weighted by molar-refractivity contribution is -0.113. The third-order valence-electron chi connectivity index (χ3n) is 3.01. The van der Waals surface area contributed by atoms with Gasteiger partial charge in [-0.05, 0) is 19.3 Å². The molecule has 2 N–H and O–H groups in total. The molecule has 0 radical (unpaired) electrons. The summed E-state index contributed by atoms with van der Waals surface area (Å²) < 4.78 is 27.7. The maximum atomic E-state index is 13.9. The van der Waals surface area contributed by atoms with Gasteiger partial charge in [0.1, 0.15) is 0 Å². The van der Waals surface area contributed by atoms with Crippen LogP contribution in [0.15, 0.2) is 30.3 Å². The van der Waals surface area contributed by atoms with Gasteiger partial charge in [-0.1, -0.05) is 30.3 Å². The quantitative estimate of drug-likeness (QED) is 0.775. The van der Waals surface area contributed by atoms with Crippen molar-refractivity contribution in [2.75, 3.05) is 0 Å². The molecule has 3 heteroatoms. The molecule has 2 rings (SSSR count). The van der Waals surface area contributed by atoms with Crippen LogP contribution in [-0.4, -0.2) is 5.54 Å². The third kappa shape index (κ3) is 1.23. The minimum atomic E-state index is -2.90. The number of benzene rings is 1. The number of hydrogen-bond donors (Lipinski definition) is 1. The molecule has 76 valence electrons. The molecule has 0 saturated heterocycles. The summed E-state index contributed by atoms with van der Waals surface area (Å²) in [5.74, 6) is -2.90. The Bertz CT molecular complexity index is 317. The van der Waals surface area contributed by atoms with Crippen LogP contribution in [0.4, 0.5) is 8.78 Å². The first-order chi connectivity index (χ1) is 6.56. The second kappa shape index (κ2) is 3.02. The van der Waals surface area contributed by atoms with Crippen LogP contribution in [0.3, 0.4) is 0 Å². The van der Waals surface area contributed by atoms with Gasteiger partial charge in [-0.3, -0.25) is 0 Å². The second-order valence-electron chi connectivity index (χ2n) is 3.95. The fourth-order valence-electron chi connectivity index (χ4n) is 1.81. The molecule has 1 fully saturated rings. The Morgan fingerprint density at radius 2 is 1.71 bits per heavy atom. The van der Waals surface area contributed by atoms with Crippen LogP contribution in [-0.2, 0) is 5.92 Å². The normalized spacial score (nSPS) is 20.2. The molecule has 14 heavy (non-hydrogen) atoms. The Balaban J connectivity index is 2.32. The molecule has 0 heterocycles. The van der Waals surface area contributed by atoms with Crippen LogP contribution >= 0.6 is 0 Å². The van der Waals surface area contributed by atoms with E-state index in [4.69, 9.17) is 5.73 Å². The second-order valence-corrected chi connectivity index (χ2v) is 3.95. The number of halogens is 2. The van der Waals surface area contributed by atoms with Crippen molar-refractivity contribution in [3.8, 4) is 0 Å². The highest BCUT2D eigenvalue weighted by Crippen LogP contribution is 2.48. The van der Waals surface area contributed by atoms with E-state index in [2.05, 4.69) is 0 Å². The zero-order chi connectivity index (χ0) is 10.2. The first kappa shape index (κ1) is 9.59. The van der Waals surface area contributed by atoms with Crippen molar-refractivity contribution in [3.05, 3.63) is 35.9 Å². The average molecular weight is 197 g/mol. The van der Waals surface area contributed by atoms with Gasteiger partial charge in [-0.2, -0.15) is 8.78 Å². The molecular formula is C11H13F2N. The number of nitrogens with two attached hydrogens (primary N) is 1. The topological polar surface area (TPSA) is 26.0 Å². The zero-order valence-corrected chi connectivity index (χ0v) is 7.84. The molecule has 1 aliphatic carbocycles. The van der Waals surface area contributed by atoms with Gasteiger partial charge in [0.15, 0.2) is 0 Å². The molecule has 0 unspecified atom stereocenters. The highest BCUT2D eigenvalue weighted by atomic mass is 19.3. The fraction of sp³-hybridized carbons (Fsp3) is 0.455. The molecule has 1 saturated carbocycles. The van der Waals surface area contributed by atoms with E-state index in [0.717, 1.165) is 6.42 Å². The smallest absolute Gasteiger partial charge is 0.290 e. The summed E-state index contributed by atoms with van der Waals surface area (Å²) in [4.78, 5) is 0. The van der Waals surface area contributed by atoms with Gasteiger partial charge in [0.05, 0.1) is 5.54 Å². The van der Waals surface area contributed by atoms with Crippen molar-refractivity contribution in [2.24, 2.45) is 5.73 Å². The van der Waals surface area contributed by atoms with E-state index in [9.17, 15) is 8.78 Å². The van der Waals surface area contributed by atoms with Gasteiger partial charge in [0.2, 0.25) is 0 Å². The first-order valence-corrected chi connectivity index (χ1v) is 4.78. The molecule has 1 aliphatic rings. The summed E-state index contributed by atoms with van der Waals surface area (Å²) >= 11 is 0. The predicted molar refractivity (Wildman–Crippen MR) is 51.1 cm³/mol. The Hall–Kier alpha value is -0.960. The molecule has 0 amide bonds. The van der Waals surface area contributed by atoms with E-state index in [-0.39, 0.29) is 5.56 Å². The van der Waals surface area contributed by atoms with Crippen LogP contribution < -0.4 is 5.73 Å². The van der Waals surface area contributed by atoms with Crippen LogP contribution in [0.5, 0.6) is 0 Å². The van der Waals surface area contributed by atoms with Crippen molar-refractivity contribution in [1.82, 2.24) is 0 Å². The van der Waals surface area contributed by atoms with Gasteiger partial charge >= 0.3 is 0 Å². The van der Waals surface area contributed by atoms with Gasteiger partial charge in [0.25, 0.3) is 5.92 Å². The minimum absolute atomic E-state index is 0.0298. The van der Waals surface area contributed by atoms with Gasteiger partial charge in [-0.15, -0.1) is 0 Å². The molecule has 1 aromatic rings. The molecular weight excluding hydrogens is 184 g/mol. The van der Waals surface area contributed by atoms with Crippen LogP contribution in [0.1, 0.15) is 24.8 Å². The third-order valence-corrected chi connectivity index (χ3v) is 3.01. The fourth-order valence-corrected chi connectivity index (χ4v) is 1.81. The average Bonchev–Trinajstić information content (AvgIpc) is 2.15. The summed E-state index contributed by atoms with van der Waals surface area (Å²) in [7, 11) is 0. The highest BCUT2D eigenvalue weighted by molar-refractivity contribution is 5.25. The largest absolute Gasteiger partial charge is 0.320 e. The Morgan fingerprint density at radius 1 is 1.14 bits per heavy atom. The molecule has 0 aromatic heterocycles. The lowest BCUT2D eigenvalue weighted by Gasteiger charge is -2.44. The van der Waals surface area contributed by atoms with Crippen molar-refractivity contribution < 1.29 is 8.78 Å². The lowest BCUT2D eigenvalue weighted by Crippen LogP contribution is -2.58. The van der Waals surface area contributed by atoms with E-state index >= 15 is 0 Å². The van der Waals surface area contributed by atoms with E-state index in [1.807, 2.05) is 0 Å². The van der Waals surface area contributed by atoms with Crippen LogP contribution in [0.2, 0.25) is 0 Å². The van der Waals surface area contributed by atoms with Crippen molar-refractivity contribution in [1.29, 1.82) is 0 Å². The van der Waals surface area contributed by atoms with Crippen molar-refractivity contribution in [2.45, 2.75) is 30.7 Å². The maximum absolute atomic E-state index is 13.9. The monoisotopic (exact) mass is 197 g/mol. The summed E-state index contributed by atoms with van der Waals surface area (Å²) in [6.07, 6.45) is 1.63. The summed E-state index contributed by atoms with van der Waals surface area (Å²) in [6, 6.07) is 7.83. The van der Waals surface area contributed by atoms with E-state index in [1.165, 1.54) is 12.1 Å². The molecule has 1 aromatic carbocycles. The van der Waals surface area contributed by atoms with E-state index < -0.39 is 11.5 Å². The number of hydrogen-bond acceptors (Lipinski definition) is 1. The van der Waals surface area contributed by atoms with Crippen LogP contribution in [0, 0.1) is 0 Å². The van der Waals surface area contributed by atoms with Crippen LogP contribution in [0.25, 0.3) is 0 Å². The van der Waals surface area contributed by atoms with E-state index in [1.54, 1.807) is 18.2 Å². The highest BCUT2D eigenvalue weighted by Gasteiger charge is 2.55. The maximum Gasteiger partial charge on any atom is 0.290 e. The summed E-state index contributed by atoms with van der Waals surface area (Å²) in [5.41, 5.74) is 4.38. The Kier molecular flexibility index (Phi) is 2.07. The molecule has 1 nitrogen and oxygen atoms in total. The van der Waals surface area contributed by atoms with Crippen molar-refractivity contribution >= 4 is 0 Å². The lowest BCUT2D eigenvalue weighted by atomic mass is 9.71. The van der Waals surface area contributed by atoms with Crippen molar-refractivity contribution in [3.63, 3.8) is 0 Å². The summed E-state index contributed by atoms with van der Waals surface area (Å²) in [5, 5.41) is 0. The molecule has 0 aliphatic heterocycles. The van der Waals surface area contributed by atoms with Gasteiger partial charge < -0.3 is 5.73 Å².